The summed E-state index contributed by atoms with van der Waals surface area (Å²) in [5.74, 6) is 2.71. The molecule has 0 spiro atoms. The summed E-state index contributed by atoms with van der Waals surface area (Å²) in [7, 11) is -1.46. The van der Waals surface area contributed by atoms with E-state index in [-0.39, 0.29) is 0 Å². The fourth-order valence-corrected chi connectivity index (χ4v) is 8.21. The van der Waals surface area contributed by atoms with E-state index in [2.05, 4.69) is 39.6 Å². The van der Waals surface area contributed by atoms with E-state index in [9.17, 15) is 4.79 Å². The standard InChI is InChI=1S/C22H36O2Si/c1-21-10-9-19-18(20(21)13-16(23)14-21)7-6-15-12-17(24-25(3,4)5)8-11-22(15,19)2/h6,17-20H,7-14H2,1-5H3/t17-,18+,19-,20-,21+,22-/m0/s1. The maximum absolute atomic E-state index is 12.2. The minimum absolute atomic E-state index is 0.304. The zero-order valence-corrected chi connectivity index (χ0v) is 17.9. The Morgan fingerprint density at radius 2 is 1.84 bits per heavy atom. The maximum atomic E-state index is 12.2. The van der Waals surface area contributed by atoms with E-state index in [0.29, 0.717) is 28.6 Å². The lowest BCUT2D eigenvalue weighted by molar-refractivity contribution is -0.118. The minimum atomic E-state index is -1.46. The van der Waals surface area contributed by atoms with Gasteiger partial charge in [-0.3, -0.25) is 4.79 Å². The van der Waals surface area contributed by atoms with Gasteiger partial charge in [-0.15, -0.1) is 0 Å². The predicted molar refractivity (Wildman–Crippen MR) is 105 cm³/mol. The third-order valence-electron chi connectivity index (χ3n) is 8.15. The number of Topliss-reactive ketones (excluding diaryl/α,β-unsaturated/α-hetero) is 1. The molecule has 4 aliphatic carbocycles. The molecule has 0 heterocycles. The van der Waals surface area contributed by atoms with Crippen LogP contribution in [0.15, 0.2) is 11.6 Å². The zero-order valence-electron chi connectivity index (χ0n) is 16.9. The summed E-state index contributed by atoms with van der Waals surface area (Å²) in [6.45, 7) is 11.9. The van der Waals surface area contributed by atoms with Gasteiger partial charge in [0, 0.05) is 18.9 Å². The van der Waals surface area contributed by atoms with Gasteiger partial charge in [0.05, 0.1) is 0 Å². The van der Waals surface area contributed by atoms with E-state index in [0.717, 1.165) is 31.1 Å². The number of fused-ring (bicyclic) bond motifs is 5. The second-order valence-corrected chi connectivity index (χ2v) is 15.4. The third kappa shape index (κ3) is 2.99. The number of allylic oxidation sites excluding steroid dienone is 1. The lowest BCUT2D eigenvalue weighted by Gasteiger charge is -2.57. The topological polar surface area (TPSA) is 26.3 Å². The Kier molecular flexibility index (Phi) is 4.16. The molecule has 0 amide bonds. The minimum Gasteiger partial charge on any atom is -0.414 e. The first kappa shape index (κ1) is 18.0. The van der Waals surface area contributed by atoms with Crippen LogP contribution in [0.25, 0.3) is 0 Å². The number of ketones is 1. The van der Waals surface area contributed by atoms with Gasteiger partial charge in [-0.05, 0) is 86.7 Å². The average Bonchev–Trinajstić information content (AvgIpc) is 2.80. The molecule has 25 heavy (non-hydrogen) atoms. The Morgan fingerprint density at radius 1 is 1.08 bits per heavy atom. The van der Waals surface area contributed by atoms with Crippen LogP contribution in [0.3, 0.4) is 0 Å². The van der Waals surface area contributed by atoms with E-state index in [1.807, 2.05) is 0 Å². The molecule has 0 unspecified atom stereocenters. The van der Waals surface area contributed by atoms with Crippen molar-refractivity contribution < 1.29 is 9.22 Å². The normalized spacial score (nSPS) is 46.9. The number of rotatable bonds is 2. The lowest BCUT2D eigenvalue weighted by atomic mass is 9.48. The van der Waals surface area contributed by atoms with Crippen LogP contribution in [0.2, 0.25) is 19.6 Å². The summed E-state index contributed by atoms with van der Waals surface area (Å²) in [5, 5.41) is 0. The molecule has 0 N–H and O–H groups in total. The van der Waals surface area contributed by atoms with Crippen LogP contribution in [0.5, 0.6) is 0 Å². The Morgan fingerprint density at radius 3 is 2.56 bits per heavy atom. The van der Waals surface area contributed by atoms with Crippen molar-refractivity contribution in [3.8, 4) is 0 Å². The third-order valence-corrected chi connectivity index (χ3v) is 9.19. The van der Waals surface area contributed by atoms with Gasteiger partial charge in [0.2, 0.25) is 0 Å². The smallest absolute Gasteiger partial charge is 0.184 e. The van der Waals surface area contributed by atoms with E-state index in [1.54, 1.807) is 5.57 Å². The molecule has 0 aliphatic heterocycles. The fourth-order valence-electron chi connectivity index (χ4n) is 7.01. The van der Waals surface area contributed by atoms with Gasteiger partial charge in [0.25, 0.3) is 0 Å². The summed E-state index contributed by atoms with van der Waals surface area (Å²) in [6.07, 6.45) is 12.2. The van der Waals surface area contributed by atoms with Crippen molar-refractivity contribution in [3.05, 3.63) is 11.6 Å². The van der Waals surface area contributed by atoms with Crippen LogP contribution in [0.1, 0.15) is 65.2 Å². The second-order valence-electron chi connectivity index (χ2n) is 11.0. The van der Waals surface area contributed by atoms with Crippen molar-refractivity contribution in [1.82, 2.24) is 0 Å². The van der Waals surface area contributed by atoms with Crippen LogP contribution in [0, 0.1) is 28.6 Å². The van der Waals surface area contributed by atoms with Gasteiger partial charge < -0.3 is 4.43 Å². The monoisotopic (exact) mass is 360 g/mol. The van der Waals surface area contributed by atoms with Gasteiger partial charge in [-0.25, -0.2) is 0 Å². The highest BCUT2D eigenvalue weighted by Crippen LogP contribution is 2.64. The molecular weight excluding hydrogens is 324 g/mol. The highest BCUT2D eigenvalue weighted by molar-refractivity contribution is 6.69. The van der Waals surface area contributed by atoms with Crippen molar-refractivity contribution >= 4 is 14.1 Å². The van der Waals surface area contributed by atoms with Crippen LogP contribution in [-0.2, 0) is 9.22 Å². The maximum Gasteiger partial charge on any atom is 0.184 e. The summed E-state index contributed by atoms with van der Waals surface area (Å²) in [6, 6.07) is 0. The number of hydrogen-bond acceptors (Lipinski definition) is 2. The first-order chi connectivity index (χ1) is 11.6. The molecule has 140 valence electrons. The Bertz CT molecular complexity index is 604. The van der Waals surface area contributed by atoms with E-state index >= 15 is 0 Å². The van der Waals surface area contributed by atoms with Gasteiger partial charge >= 0.3 is 0 Å². The van der Waals surface area contributed by atoms with Gasteiger partial charge in [0.15, 0.2) is 8.32 Å². The van der Waals surface area contributed by atoms with Gasteiger partial charge in [0.1, 0.15) is 5.78 Å². The van der Waals surface area contributed by atoms with Crippen LogP contribution >= 0.6 is 0 Å². The molecule has 0 aromatic heterocycles. The largest absolute Gasteiger partial charge is 0.414 e. The Balaban J connectivity index is 1.57. The van der Waals surface area contributed by atoms with Crippen LogP contribution < -0.4 is 0 Å². The first-order valence-electron chi connectivity index (χ1n) is 10.5. The SMILES string of the molecule is C[C@]12CC[C@H]3[C@@H](CC=C4C[C@@H](O[Si](C)(C)C)CC[C@@]43C)[C@@H]1CC(=O)C2. The molecule has 4 aliphatic rings. The van der Waals surface area contributed by atoms with Gasteiger partial charge in [-0.1, -0.05) is 25.5 Å². The summed E-state index contributed by atoms with van der Waals surface area (Å²) >= 11 is 0. The van der Waals surface area contributed by atoms with Crippen molar-refractivity contribution in [2.45, 2.75) is 91.0 Å². The Hall–Kier alpha value is -0.413. The molecule has 3 saturated carbocycles. The van der Waals surface area contributed by atoms with Crippen molar-refractivity contribution in [3.63, 3.8) is 0 Å². The first-order valence-corrected chi connectivity index (χ1v) is 13.9. The quantitative estimate of drug-likeness (QED) is 0.464. The molecule has 0 aromatic carbocycles. The molecule has 4 rings (SSSR count). The molecule has 0 saturated heterocycles. The second kappa shape index (κ2) is 5.79. The average molecular weight is 361 g/mol. The summed E-state index contributed by atoms with van der Waals surface area (Å²) in [4.78, 5) is 12.2. The molecule has 0 radical (unpaired) electrons. The lowest BCUT2D eigenvalue weighted by Crippen LogP contribution is -2.50. The number of hydrogen-bond donors (Lipinski definition) is 0. The summed E-state index contributed by atoms with van der Waals surface area (Å²) in [5.41, 5.74) is 2.36. The highest BCUT2D eigenvalue weighted by atomic mass is 28.4. The Labute approximate surface area is 154 Å². The molecule has 0 bridgehead atoms. The highest BCUT2D eigenvalue weighted by Gasteiger charge is 2.57. The predicted octanol–water partition coefficient (Wildman–Crippen LogP) is 5.74. The molecule has 2 nitrogen and oxygen atoms in total. The van der Waals surface area contributed by atoms with Crippen LogP contribution in [-0.4, -0.2) is 20.2 Å². The molecule has 3 heteroatoms. The molecule has 0 aromatic rings. The van der Waals surface area contributed by atoms with Gasteiger partial charge in [-0.2, -0.15) is 0 Å². The number of carbonyl (C=O) groups excluding carboxylic acids is 1. The molecular formula is C22H36O2Si. The van der Waals surface area contributed by atoms with E-state index < -0.39 is 8.32 Å². The van der Waals surface area contributed by atoms with E-state index in [4.69, 9.17) is 4.43 Å². The molecule has 3 fully saturated rings. The van der Waals surface area contributed by atoms with Crippen LogP contribution in [0.4, 0.5) is 0 Å². The zero-order chi connectivity index (χ0) is 18.0. The van der Waals surface area contributed by atoms with Crippen molar-refractivity contribution in [1.29, 1.82) is 0 Å². The summed E-state index contributed by atoms with van der Waals surface area (Å²) < 4.78 is 6.46. The van der Waals surface area contributed by atoms with Crippen molar-refractivity contribution in [2.75, 3.05) is 0 Å². The fraction of sp³-hybridized carbons (Fsp3) is 0.864. The number of carbonyl (C=O) groups is 1. The molecule has 6 atom stereocenters. The van der Waals surface area contributed by atoms with Crippen molar-refractivity contribution in [2.24, 2.45) is 28.6 Å². The van der Waals surface area contributed by atoms with E-state index in [1.165, 1.54) is 32.1 Å².